The summed E-state index contributed by atoms with van der Waals surface area (Å²) in [6.45, 7) is 0.618. The summed E-state index contributed by atoms with van der Waals surface area (Å²) in [4.78, 5) is 6.14. The van der Waals surface area contributed by atoms with Crippen molar-refractivity contribution < 1.29 is 4.74 Å². The lowest BCUT2D eigenvalue weighted by Crippen LogP contribution is -2.16. The number of benzene rings is 1. The van der Waals surface area contributed by atoms with Crippen LogP contribution < -0.4 is 5.73 Å². The number of methoxy groups -OCH3 is 1. The number of nitrogens with two attached hydrogens (primary N) is 1. The second-order valence-corrected chi connectivity index (χ2v) is 6.00. The average Bonchev–Trinajstić information content (AvgIpc) is 2.85. The molecule has 1 heterocycles. The van der Waals surface area contributed by atoms with E-state index in [0.717, 1.165) is 23.5 Å². The third kappa shape index (κ3) is 2.43. The molecule has 0 fully saturated rings. The molecule has 0 spiro atoms. The highest BCUT2D eigenvalue weighted by Gasteiger charge is 2.22. The van der Waals surface area contributed by atoms with Gasteiger partial charge in [-0.1, -0.05) is 24.3 Å². The minimum atomic E-state index is 0.114. The van der Waals surface area contributed by atoms with E-state index in [1.54, 1.807) is 18.4 Å². The summed E-state index contributed by atoms with van der Waals surface area (Å²) in [5.41, 5.74) is 9.63. The van der Waals surface area contributed by atoms with Gasteiger partial charge in [0.15, 0.2) is 0 Å². The lowest BCUT2D eigenvalue weighted by atomic mass is 9.98. The van der Waals surface area contributed by atoms with Crippen LogP contribution in [0.5, 0.6) is 0 Å². The number of fused-ring (bicyclic) bond motifs is 1. The highest BCUT2D eigenvalue weighted by atomic mass is 32.1. The SMILES string of the molecule is COCc1ccccc1-c1nc2c(s1)CCCC2N. The molecule has 1 aromatic carbocycles. The molecule has 19 heavy (non-hydrogen) atoms. The van der Waals surface area contributed by atoms with Gasteiger partial charge in [-0.05, 0) is 24.8 Å². The van der Waals surface area contributed by atoms with Crippen LogP contribution in [0.4, 0.5) is 0 Å². The Balaban J connectivity index is 2.03. The third-order valence-corrected chi connectivity index (χ3v) is 4.71. The predicted octanol–water partition coefficient (Wildman–Crippen LogP) is 3.29. The Labute approximate surface area is 117 Å². The number of ether oxygens (including phenoxy) is 1. The van der Waals surface area contributed by atoms with Crippen molar-refractivity contribution in [1.29, 1.82) is 0 Å². The first-order valence-electron chi connectivity index (χ1n) is 6.62. The Hall–Kier alpha value is -1.23. The Morgan fingerprint density at radius 2 is 2.26 bits per heavy atom. The largest absolute Gasteiger partial charge is 0.380 e. The minimum absolute atomic E-state index is 0.114. The molecule has 0 bridgehead atoms. The number of rotatable bonds is 3. The third-order valence-electron chi connectivity index (χ3n) is 3.55. The summed E-state index contributed by atoms with van der Waals surface area (Å²) < 4.78 is 5.27. The van der Waals surface area contributed by atoms with Crippen LogP contribution in [0.25, 0.3) is 10.6 Å². The average molecular weight is 274 g/mol. The van der Waals surface area contributed by atoms with Crippen molar-refractivity contribution in [3.8, 4) is 10.6 Å². The standard InChI is InChI=1S/C15H18N2OS/c1-18-9-10-5-2-3-6-11(10)15-17-14-12(16)7-4-8-13(14)19-15/h2-3,5-6,12H,4,7-9,16H2,1H3. The molecule has 0 saturated heterocycles. The zero-order valence-electron chi connectivity index (χ0n) is 11.1. The summed E-state index contributed by atoms with van der Waals surface area (Å²) in [6.07, 6.45) is 3.35. The topological polar surface area (TPSA) is 48.1 Å². The lowest BCUT2D eigenvalue weighted by Gasteiger charge is -2.15. The van der Waals surface area contributed by atoms with Crippen molar-refractivity contribution >= 4 is 11.3 Å². The minimum Gasteiger partial charge on any atom is -0.380 e. The van der Waals surface area contributed by atoms with Crippen LogP contribution in [0.15, 0.2) is 24.3 Å². The Kier molecular flexibility index (Phi) is 3.64. The number of thiazole rings is 1. The van der Waals surface area contributed by atoms with E-state index in [-0.39, 0.29) is 6.04 Å². The van der Waals surface area contributed by atoms with Crippen LogP contribution in [0.1, 0.15) is 35.0 Å². The molecule has 0 aliphatic heterocycles. The monoisotopic (exact) mass is 274 g/mol. The smallest absolute Gasteiger partial charge is 0.124 e. The Morgan fingerprint density at radius 1 is 1.42 bits per heavy atom. The van der Waals surface area contributed by atoms with Gasteiger partial charge in [-0.15, -0.1) is 11.3 Å². The maximum atomic E-state index is 6.15. The maximum absolute atomic E-state index is 6.15. The van der Waals surface area contributed by atoms with Gasteiger partial charge in [-0.25, -0.2) is 4.98 Å². The van der Waals surface area contributed by atoms with Crippen LogP contribution >= 0.6 is 11.3 Å². The fourth-order valence-electron chi connectivity index (χ4n) is 2.58. The lowest BCUT2D eigenvalue weighted by molar-refractivity contribution is 0.185. The fourth-order valence-corrected chi connectivity index (χ4v) is 3.81. The van der Waals surface area contributed by atoms with Gasteiger partial charge in [0.05, 0.1) is 12.3 Å². The number of aromatic nitrogens is 1. The predicted molar refractivity (Wildman–Crippen MR) is 78.1 cm³/mol. The van der Waals surface area contributed by atoms with Crippen LogP contribution in [-0.4, -0.2) is 12.1 Å². The molecule has 100 valence electrons. The van der Waals surface area contributed by atoms with Gasteiger partial charge in [0.25, 0.3) is 0 Å². The molecule has 1 aliphatic rings. The molecule has 4 heteroatoms. The van der Waals surface area contributed by atoms with Crippen LogP contribution in [0.3, 0.4) is 0 Å². The van der Waals surface area contributed by atoms with Gasteiger partial charge < -0.3 is 10.5 Å². The van der Waals surface area contributed by atoms with Gasteiger partial charge >= 0.3 is 0 Å². The number of aryl methyl sites for hydroxylation is 1. The highest BCUT2D eigenvalue weighted by molar-refractivity contribution is 7.15. The first-order chi connectivity index (χ1) is 9.29. The van der Waals surface area contributed by atoms with E-state index >= 15 is 0 Å². The molecule has 1 aromatic heterocycles. The van der Waals surface area contributed by atoms with E-state index in [4.69, 9.17) is 15.5 Å². The molecule has 2 aromatic rings. The van der Waals surface area contributed by atoms with E-state index in [1.165, 1.54) is 22.4 Å². The quantitative estimate of drug-likeness (QED) is 0.934. The summed E-state index contributed by atoms with van der Waals surface area (Å²) in [6, 6.07) is 8.42. The first kappa shape index (κ1) is 12.8. The van der Waals surface area contributed by atoms with Gasteiger partial charge in [0.2, 0.25) is 0 Å². The Bertz CT molecular complexity index is 579. The van der Waals surface area contributed by atoms with Crippen LogP contribution in [0, 0.1) is 0 Å². The van der Waals surface area contributed by atoms with E-state index in [0.29, 0.717) is 6.61 Å². The fraction of sp³-hybridized carbons (Fsp3) is 0.400. The van der Waals surface area contributed by atoms with Gasteiger partial charge in [-0.3, -0.25) is 0 Å². The van der Waals surface area contributed by atoms with Crippen molar-refractivity contribution in [3.05, 3.63) is 40.4 Å². The summed E-state index contributed by atoms with van der Waals surface area (Å²) in [7, 11) is 1.72. The molecule has 1 unspecified atom stereocenters. The van der Waals surface area contributed by atoms with Crippen molar-refractivity contribution in [2.24, 2.45) is 5.73 Å². The molecule has 0 amide bonds. The molecular weight excluding hydrogens is 256 g/mol. The molecule has 3 nitrogen and oxygen atoms in total. The normalized spacial score (nSPS) is 18.3. The first-order valence-corrected chi connectivity index (χ1v) is 7.43. The molecule has 1 aliphatic carbocycles. The number of nitrogens with zero attached hydrogens (tertiary/aromatic N) is 1. The van der Waals surface area contributed by atoms with Crippen LogP contribution in [-0.2, 0) is 17.8 Å². The zero-order valence-corrected chi connectivity index (χ0v) is 11.9. The van der Waals surface area contributed by atoms with E-state index in [1.807, 2.05) is 6.07 Å². The second kappa shape index (κ2) is 5.41. The number of hydrogen-bond acceptors (Lipinski definition) is 4. The maximum Gasteiger partial charge on any atom is 0.124 e. The second-order valence-electron chi connectivity index (χ2n) is 4.92. The summed E-state index contributed by atoms with van der Waals surface area (Å²) >= 11 is 1.79. The number of hydrogen-bond donors (Lipinski definition) is 1. The summed E-state index contributed by atoms with van der Waals surface area (Å²) in [5, 5.41) is 1.08. The van der Waals surface area contributed by atoms with E-state index in [2.05, 4.69) is 18.2 Å². The molecule has 2 N–H and O–H groups in total. The molecule has 0 radical (unpaired) electrons. The zero-order chi connectivity index (χ0) is 13.2. The van der Waals surface area contributed by atoms with E-state index in [9.17, 15) is 0 Å². The molecule has 0 saturated carbocycles. The van der Waals surface area contributed by atoms with Crippen LogP contribution in [0.2, 0.25) is 0 Å². The summed E-state index contributed by atoms with van der Waals surface area (Å²) in [5.74, 6) is 0. The highest BCUT2D eigenvalue weighted by Crippen LogP contribution is 2.37. The van der Waals surface area contributed by atoms with E-state index < -0.39 is 0 Å². The van der Waals surface area contributed by atoms with Crippen molar-refractivity contribution in [1.82, 2.24) is 4.98 Å². The molecule has 3 rings (SSSR count). The van der Waals surface area contributed by atoms with Crippen molar-refractivity contribution in [2.75, 3.05) is 7.11 Å². The van der Waals surface area contributed by atoms with Gasteiger partial charge in [0, 0.05) is 23.6 Å². The molecular formula is C15H18N2OS. The molecule has 1 atom stereocenters. The Morgan fingerprint density at radius 3 is 3.05 bits per heavy atom. The van der Waals surface area contributed by atoms with Crippen molar-refractivity contribution in [2.45, 2.75) is 31.9 Å². The van der Waals surface area contributed by atoms with Gasteiger partial charge in [-0.2, -0.15) is 0 Å². The van der Waals surface area contributed by atoms with Gasteiger partial charge in [0.1, 0.15) is 5.01 Å². The van der Waals surface area contributed by atoms with Crippen molar-refractivity contribution in [3.63, 3.8) is 0 Å².